The number of carboxylic acids is 1. The highest BCUT2D eigenvalue weighted by Gasteiger charge is 2.36. The molecule has 4 aromatic rings. The number of carboxylic acid groups (broad SMARTS) is 1. The van der Waals surface area contributed by atoms with Gasteiger partial charge in [-0.15, -0.1) is 0 Å². The van der Waals surface area contributed by atoms with Gasteiger partial charge in [-0.05, 0) is 100 Å². The van der Waals surface area contributed by atoms with Gasteiger partial charge in [-0.3, -0.25) is 19.2 Å². The molecule has 1 aliphatic heterocycles. The van der Waals surface area contributed by atoms with Gasteiger partial charge < -0.3 is 41.4 Å². The monoisotopic (exact) mass is 822 g/mol. The highest BCUT2D eigenvalue weighted by Crippen LogP contribution is 2.40. The van der Waals surface area contributed by atoms with Crippen molar-refractivity contribution in [2.75, 3.05) is 26.7 Å². The molecule has 4 atom stereocenters. The lowest BCUT2D eigenvalue weighted by Gasteiger charge is -2.32. The number of aryl methyl sites for hydroxylation is 2. The van der Waals surface area contributed by atoms with Crippen LogP contribution in [0.15, 0.2) is 60.7 Å². The number of nitrogens with zero attached hydrogens (tertiary/aromatic N) is 3. The number of carbonyl (C=O) groups excluding carboxylic acids is 4. The lowest BCUT2D eigenvalue weighted by atomic mass is 9.88. The Hall–Kier alpha value is -6.19. The number of Topliss-reactive ketones (excluding diaryl/α,β-unsaturated/α-hetero) is 2. The van der Waals surface area contributed by atoms with Gasteiger partial charge in [0.15, 0.2) is 17.4 Å². The number of amides is 2. The lowest BCUT2D eigenvalue weighted by Crippen LogP contribution is -2.45. The SMILES string of the molecule is Cc1nc(-c2ccc(OC(C)C)cc2)nc(C)c1C(=O)C[C@@H](CCN)C(=O)N(C)[C@@H]1C(=O)C[C@@H](C)C(=O)N[C@H](C(=O)O)Cc2ccc(O)c(c2)-c2cc1ccc2OCCN. The molecule has 0 spiro atoms. The van der Waals surface area contributed by atoms with Gasteiger partial charge in [0.05, 0.1) is 23.1 Å². The van der Waals surface area contributed by atoms with Gasteiger partial charge in [0.1, 0.15) is 35.9 Å². The number of carbonyl (C=O) groups is 5. The Morgan fingerprint density at radius 1 is 0.933 bits per heavy atom. The molecule has 1 aromatic heterocycles. The number of ketones is 2. The van der Waals surface area contributed by atoms with Crippen molar-refractivity contribution < 1.29 is 43.7 Å². The fourth-order valence-corrected chi connectivity index (χ4v) is 7.49. The van der Waals surface area contributed by atoms with E-state index in [0.717, 1.165) is 5.56 Å². The second kappa shape index (κ2) is 19.7. The van der Waals surface area contributed by atoms with E-state index in [4.69, 9.17) is 20.9 Å². The standard InChI is InChI=1S/C45H54N6O9/c1-24(2)60-32-11-8-29(9-12-32)42-48-26(4)40(27(5)49-42)37(53)23-31(15-16-46)44(56)51(6)41-30-10-14-39(59-18-17-47)34(22-30)33-20-28(7-13-36(33)52)21-35(45(57)58)50-43(55)25(3)19-38(41)54/h7-14,20,22,24-25,31,35,41,52H,15-19,21,23,46-47H2,1-6H3,(H,50,55)(H,57,58)/t25-,31-,35+,41+/m1/s1. The average Bonchev–Trinajstić information content (AvgIpc) is 3.19. The Morgan fingerprint density at radius 3 is 2.23 bits per heavy atom. The third kappa shape index (κ3) is 10.5. The lowest BCUT2D eigenvalue weighted by molar-refractivity contribution is -0.144. The highest BCUT2D eigenvalue weighted by atomic mass is 16.5. The highest BCUT2D eigenvalue weighted by molar-refractivity contribution is 6.01. The summed E-state index contributed by atoms with van der Waals surface area (Å²) in [6.45, 7) is 9.18. The molecule has 2 heterocycles. The summed E-state index contributed by atoms with van der Waals surface area (Å²) < 4.78 is 11.7. The van der Waals surface area contributed by atoms with Gasteiger partial charge in [0.25, 0.3) is 0 Å². The van der Waals surface area contributed by atoms with Crippen molar-refractivity contribution in [3.8, 4) is 39.8 Å². The first-order valence-corrected chi connectivity index (χ1v) is 20.0. The minimum atomic E-state index is -1.34. The minimum Gasteiger partial charge on any atom is -0.507 e. The zero-order valence-corrected chi connectivity index (χ0v) is 34.9. The number of benzene rings is 3. The number of rotatable bonds is 14. The van der Waals surface area contributed by atoms with Crippen molar-refractivity contribution in [1.82, 2.24) is 20.2 Å². The first kappa shape index (κ1) is 44.9. The van der Waals surface area contributed by atoms with E-state index in [-0.39, 0.29) is 74.1 Å². The van der Waals surface area contributed by atoms with Gasteiger partial charge in [0.2, 0.25) is 11.8 Å². The van der Waals surface area contributed by atoms with E-state index in [9.17, 15) is 34.2 Å². The van der Waals surface area contributed by atoms with Crippen LogP contribution in [0.3, 0.4) is 0 Å². The topological polar surface area (TPSA) is 237 Å². The summed E-state index contributed by atoms with van der Waals surface area (Å²) in [6.07, 6.45) is -0.580. The van der Waals surface area contributed by atoms with E-state index in [1.807, 2.05) is 38.1 Å². The Labute approximate surface area is 349 Å². The Kier molecular flexibility index (Phi) is 14.7. The van der Waals surface area contributed by atoms with Crippen molar-refractivity contribution in [1.29, 1.82) is 0 Å². The molecule has 0 saturated carbocycles. The van der Waals surface area contributed by atoms with Crippen LogP contribution in [0.2, 0.25) is 0 Å². The van der Waals surface area contributed by atoms with Crippen LogP contribution in [0.4, 0.5) is 0 Å². The minimum absolute atomic E-state index is 0.0127. The second-order valence-electron chi connectivity index (χ2n) is 15.5. The summed E-state index contributed by atoms with van der Waals surface area (Å²) >= 11 is 0. The molecule has 5 rings (SSSR count). The summed E-state index contributed by atoms with van der Waals surface area (Å²) in [5.74, 6) is -4.00. The summed E-state index contributed by atoms with van der Waals surface area (Å²) in [6, 6.07) is 14.1. The molecule has 0 aliphatic carbocycles. The average molecular weight is 823 g/mol. The summed E-state index contributed by atoms with van der Waals surface area (Å²) in [5, 5.41) is 23.7. The molecule has 15 nitrogen and oxygen atoms in total. The number of aromatic nitrogens is 2. The van der Waals surface area contributed by atoms with Crippen molar-refractivity contribution in [3.05, 3.63) is 88.7 Å². The number of nitrogens with two attached hydrogens (primary N) is 2. The quantitative estimate of drug-likeness (QED) is 0.108. The summed E-state index contributed by atoms with van der Waals surface area (Å²) in [5.41, 5.74) is 15.1. The zero-order valence-electron chi connectivity index (χ0n) is 34.9. The number of aromatic hydroxyl groups is 1. The predicted octanol–water partition coefficient (Wildman–Crippen LogP) is 4.72. The van der Waals surface area contributed by atoms with E-state index in [2.05, 4.69) is 15.3 Å². The number of hydrogen-bond donors (Lipinski definition) is 5. The van der Waals surface area contributed by atoms with Crippen LogP contribution >= 0.6 is 0 Å². The number of aliphatic carboxylic acids is 1. The van der Waals surface area contributed by atoms with Crippen LogP contribution in [0.1, 0.15) is 78.9 Å². The second-order valence-corrected chi connectivity index (χ2v) is 15.5. The maximum atomic E-state index is 14.6. The summed E-state index contributed by atoms with van der Waals surface area (Å²) in [4.78, 5) is 79.3. The Bertz CT molecular complexity index is 2220. The first-order chi connectivity index (χ1) is 28.5. The molecule has 2 amide bonds. The van der Waals surface area contributed by atoms with Crippen LogP contribution in [0, 0.1) is 25.7 Å². The van der Waals surface area contributed by atoms with E-state index < -0.39 is 47.5 Å². The Morgan fingerprint density at radius 2 is 1.62 bits per heavy atom. The van der Waals surface area contributed by atoms with Crippen molar-refractivity contribution in [2.45, 2.75) is 78.5 Å². The number of fused-ring (bicyclic) bond motifs is 5. The Balaban J connectivity index is 1.52. The van der Waals surface area contributed by atoms with Crippen molar-refractivity contribution in [2.24, 2.45) is 23.3 Å². The van der Waals surface area contributed by atoms with Crippen molar-refractivity contribution in [3.63, 3.8) is 0 Å². The molecule has 3 aromatic carbocycles. The molecule has 318 valence electrons. The van der Waals surface area contributed by atoms with Gasteiger partial charge in [-0.1, -0.05) is 19.1 Å². The smallest absolute Gasteiger partial charge is 0.326 e. The molecule has 1 aliphatic rings. The predicted molar refractivity (Wildman–Crippen MR) is 224 cm³/mol. The fourth-order valence-electron chi connectivity index (χ4n) is 7.49. The van der Waals surface area contributed by atoms with Crippen molar-refractivity contribution >= 4 is 29.4 Å². The van der Waals surface area contributed by atoms with Gasteiger partial charge in [0, 0.05) is 61.4 Å². The number of ether oxygens (including phenoxy) is 2. The zero-order chi connectivity index (χ0) is 43.8. The normalized spacial score (nSPS) is 17.3. The maximum absolute atomic E-state index is 14.6. The molecule has 15 heteroatoms. The molecular formula is C45H54N6O9. The molecular weight excluding hydrogens is 769 g/mol. The molecule has 0 radical (unpaired) electrons. The molecule has 4 bridgehead atoms. The van der Waals surface area contributed by atoms with Crippen LogP contribution < -0.4 is 26.3 Å². The van der Waals surface area contributed by atoms with Gasteiger partial charge >= 0.3 is 5.97 Å². The third-order valence-electron chi connectivity index (χ3n) is 10.4. The van der Waals surface area contributed by atoms with E-state index in [0.29, 0.717) is 45.4 Å². The number of likely N-dealkylation sites (N-methyl/N-ethyl adjacent to an activating group) is 1. The largest absolute Gasteiger partial charge is 0.507 e. The first-order valence-electron chi connectivity index (χ1n) is 20.0. The van der Waals surface area contributed by atoms with Crippen LogP contribution in [-0.4, -0.2) is 93.3 Å². The molecule has 7 N–H and O–H groups in total. The van der Waals surface area contributed by atoms with Crippen LogP contribution in [-0.2, 0) is 25.6 Å². The number of nitrogens with one attached hydrogen (secondary N) is 1. The van der Waals surface area contributed by atoms with Gasteiger partial charge in [-0.25, -0.2) is 14.8 Å². The summed E-state index contributed by atoms with van der Waals surface area (Å²) in [7, 11) is 1.45. The molecule has 0 unspecified atom stereocenters. The van der Waals surface area contributed by atoms with E-state index in [1.54, 1.807) is 44.2 Å². The third-order valence-corrected chi connectivity index (χ3v) is 10.4. The van der Waals surface area contributed by atoms with Gasteiger partial charge in [-0.2, -0.15) is 0 Å². The number of phenols is 1. The van der Waals surface area contributed by atoms with Crippen LogP contribution in [0.25, 0.3) is 22.5 Å². The molecule has 0 saturated heterocycles. The number of phenolic OH excluding ortho intramolecular Hbond substituents is 1. The van der Waals surface area contributed by atoms with E-state index >= 15 is 0 Å². The van der Waals surface area contributed by atoms with Crippen LogP contribution in [0.5, 0.6) is 17.2 Å². The van der Waals surface area contributed by atoms with E-state index in [1.165, 1.54) is 24.9 Å². The fraction of sp³-hybridized carbons (Fsp3) is 0.400. The molecule has 0 fully saturated rings. The molecule has 60 heavy (non-hydrogen) atoms. The number of hydrogen-bond acceptors (Lipinski definition) is 12. The maximum Gasteiger partial charge on any atom is 0.326 e.